The molecular weight excluding hydrogens is 379 g/mol. The first-order valence-electron chi connectivity index (χ1n) is 4.34. The predicted molar refractivity (Wildman–Crippen MR) is 77.4 cm³/mol. The van der Waals surface area contributed by atoms with Crippen molar-refractivity contribution in [1.29, 1.82) is 0 Å². The third-order valence-electron chi connectivity index (χ3n) is 2.01. The lowest BCUT2D eigenvalue weighted by Crippen LogP contribution is -1.85. The first-order valence-corrected chi connectivity index (χ1v) is 6.55. The molecule has 0 fully saturated rings. The fourth-order valence-corrected chi connectivity index (χ4v) is 2.17. The van der Waals surface area contributed by atoms with E-state index in [1.54, 1.807) is 18.3 Å². The molecule has 2 rings (SSSR count). The van der Waals surface area contributed by atoms with Crippen LogP contribution in [0.2, 0.25) is 15.1 Å². The molecule has 5 heteroatoms. The first kappa shape index (κ1) is 12.4. The van der Waals surface area contributed by atoms with Gasteiger partial charge in [-0.3, -0.25) is 4.98 Å². The second-order valence-electron chi connectivity index (χ2n) is 3.12. The van der Waals surface area contributed by atoms with Crippen molar-refractivity contribution < 1.29 is 0 Å². The van der Waals surface area contributed by atoms with E-state index in [0.717, 1.165) is 14.8 Å². The van der Waals surface area contributed by atoms with Gasteiger partial charge in [0.05, 0.1) is 20.8 Å². The summed E-state index contributed by atoms with van der Waals surface area (Å²) in [7, 11) is 0. The zero-order chi connectivity index (χ0) is 11.7. The predicted octanol–water partition coefficient (Wildman–Crippen LogP) is 5.31. The lowest BCUT2D eigenvalue weighted by molar-refractivity contribution is 1.31. The summed E-state index contributed by atoms with van der Waals surface area (Å²) in [6, 6.07) is 7.40. The fraction of sp³-hybridized carbons (Fsp3) is 0. The molecule has 0 atom stereocenters. The molecule has 0 saturated heterocycles. The maximum absolute atomic E-state index is 5.95. The Morgan fingerprint density at radius 2 is 1.62 bits per heavy atom. The molecule has 1 heterocycles. The van der Waals surface area contributed by atoms with Gasteiger partial charge >= 0.3 is 0 Å². The van der Waals surface area contributed by atoms with E-state index in [0.29, 0.717) is 15.1 Å². The standard InChI is InChI=1S/C11H5Cl3IN/c12-8-3-6(4-9(13)11(8)14)10-2-1-7(15)5-16-10/h1-5H. The van der Waals surface area contributed by atoms with E-state index >= 15 is 0 Å². The number of hydrogen-bond donors (Lipinski definition) is 0. The summed E-state index contributed by atoms with van der Waals surface area (Å²) in [6.07, 6.45) is 1.78. The zero-order valence-electron chi connectivity index (χ0n) is 7.85. The molecule has 16 heavy (non-hydrogen) atoms. The third-order valence-corrected chi connectivity index (χ3v) is 3.84. The van der Waals surface area contributed by atoms with E-state index in [1.807, 2.05) is 12.1 Å². The quantitative estimate of drug-likeness (QED) is 0.479. The number of pyridine rings is 1. The van der Waals surface area contributed by atoms with Crippen LogP contribution in [0.25, 0.3) is 11.3 Å². The van der Waals surface area contributed by atoms with E-state index in [2.05, 4.69) is 27.6 Å². The molecule has 0 spiro atoms. The van der Waals surface area contributed by atoms with Gasteiger partial charge in [0, 0.05) is 15.3 Å². The summed E-state index contributed by atoms with van der Waals surface area (Å²) < 4.78 is 1.08. The molecule has 0 aliphatic carbocycles. The van der Waals surface area contributed by atoms with Crippen molar-refractivity contribution in [3.8, 4) is 11.3 Å². The SMILES string of the molecule is Clc1cc(-c2ccc(I)cn2)cc(Cl)c1Cl. The van der Waals surface area contributed by atoms with Crippen LogP contribution in [0.15, 0.2) is 30.5 Å². The molecule has 0 amide bonds. The average Bonchev–Trinajstić information content (AvgIpc) is 2.26. The van der Waals surface area contributed by atoms with Crippen LogP contribution in [0, 0.1) is 3.57 Å². The Labute approximate surface area is 122 Å². The highest BCUT2D eigenvalue weighted by atomic mass is 127. The summed E-state index contributed by atoms with van der Waals surface area (Å²) in [5, 5.41) is 1.24. The molecule has 0 saturated carbocycles. The third kappa shape index (κ3) is 2.62. The van der Waals surface area contributed by atoms with Gasteiger partial charge in [0.15, 0.2) is 0 Å². The number of halogens is 4. The van der Waals surface area contributed by atoms with Crippen LogP contribution in [-0.4, -0.2) is 4.98 Å². The summed E-state index contributed by atoms with van der Waals surface area (Å²) in [5.74, 6) is 0. The van der Waals surface area contributed by atoms with E-state index < -0.39 is 0 Å². The molecule has 1 nitrogen and oxygen atoms in total. The van der Waals surface area contributed by atoms with Crippen molar-refractivity contribution in [2.24, 2.45) is 0 Å². The highest BCUT2D eigenvalue weighted by Crippen LogP contribution is 2.34. The Bertz CT molecular complexity index is 502. The fourth-order valence-electron chi connectivity index (χ4n) is 1.25. The minimum atomic E-state index is 0.373. The van der Waals surface area contributed by atoms with Crippen molar-refractivity contribution in [3.05, 3.63) is 49.1 Å². The number of rotatable bonds is 1. The van der Waals surface area contributed by atoms with Crippen LogP contribution in [-0.2, 0) is 0 Å². The first-order chi connectivity index (χ1) is 7.58. The van der Waals surface area contributed by atoms with E-state index in [9.17, 15) is 0 Å². The monoisotopic (exact) mass is 383 g/mol. The van der Waals surface area contributed by atoms with Crippen LogP contribution in [0.4, 0.5) is 0 Å². The van der Waals surface area contributed by atoms with Crippen molar-refractivity contribution in [3.63, 3.8) is 0 Å². The van der Waals surface area contributed by atoms with Crippen LogP contribution in [0.5, 0.6) is 0 Å². The summed E-state index contributed by atoms with van der Waals surface area (Å²) in [5.41, 5.74) is 1.68. The van der Waals surface area contributed by atoms with E-state index in [1.165, 1.54) is 0 Å². The van der Waals surface area contributed by atoms with Gasteiger partial charge in [-0.2, -0.15) is 0 Å². The second kappa shape index (κ2) is 5.08. The highest BCUT2D eigenvalue weighted by molar-refractivity contribution is 14.1. The number of hydrogen-bond acceptors (Lipinski definition) is 1. The maximum Gasteiger partial charge on any atom is 0.0778 e. The van der Waals surface area contributed by atoms with Crippen molar-refractivity contribution in [1.82, 2.24) is 4.98 Å². The number of benzene rings is 1. The molecule has 0 N–H and O–H groups in total. The van der Waals surface area contributed by atoms with Gasteiger partial charge in [0.1, 0.15) is 0 Å². The van der Waals surface area contributed by atoms with Gasteiger partial charge in [-0.25, -0.2) is 0 Å². The van der Waals surface area contributed by atoms with Crippen LogP contribution < -0.4 is 0 Å². The topological polar surface area (TPSA) is 12.9 Å². The maximum atomic E-state index is 5.95. The normalized spacial score (nSPS) is 10.5. The molecular formula is C11H5Cl3IN. The molecule has 82 valence electrons. The van der Waals surface area contributed by atoms with Gasteiger partial charge in [-0.05, 0) is 46.9 Å². The molecule has 1 aromatic carbocycles. The Morgan fingerprint density at radius 1 is 1.00 bits per heavy atom. The van der Waals surface area contributed by atoms with E-state index in [4.69, 9.17) is 34.8 Å². The second-order valence-corrected chi connectivity index (χ2v) is 5.55. The Hall–Kier alpha value is -0.0300. The molecule has 0 aliphatic heterocycles. The lowest BCUT2D eigenvalue weighted by Gasteiger charge is -2.05. The number of nitrogens with zero attached hydrogens (tertiary/aromatic N) is 1. The van der Waals surface area contributed by atoms with Gasteiger partial charge in [0.25, 0.3) is 0 Å². The molecule has 1 aromatic heterocycles. The van der Waals surface area contributed by atoms with E-state index in [-0.39, 0.29) is 0 Å². The van der Waals surface area contributed by atoms with Gasteiger partial charge < -0.3 is 0 Å². The lowest BCUT2D eigenvalue weighted by atomic mass is 10.1. The van der Waals surface area contributed by atoms with Crippen molar-refractivity contribution >= 4 is 57.4 Å². The minimum absolute atomic E-state index is 0.373. The zero-order valence-corrected chi connectivity index (χ0v) is 12.3. The van der Waals surface area contributed by atoms with Crippen LogP contribution in [0.3, 0.4) is 0 Å². The highest BCUT2D eigenvalue weighted by Gasteiger charge is 2.08. The molecule has 0 unspecified atom stereocenters. The Morgan fingerprint density at radius 3 is 2.12 bits per heavy atom. The summed E-state index contributed by atoms with van der Waals surface area (Å²) in [6.45, 7) is 0. The van der Waals surface area contributed by atoms with Crippen molar-refractivity contribution in [2.75, 3.05) is 0 Å². The molecule has 0 aliphatic rings. The van der Waals surface area contributed by atoms with Gasteiger partial charge in [-0.15, -0.1) is 0 Å². The molecule has 0 bridgehead atoms. The van der Waals surface area contributed by atoms with Gasteiger partial charge in [-0.1, -0.05) is 34.8 Å². The van der Waals surface area contributed by atoms with Crippen molar-refractivity contribution in [2.45, 2.75) is 0 Å². The average molecular weight is 384 g/mol. The number of aromatic nitrogens is 1. The van der Waals surface area contributed by atoms with Crippen LogP contribution in [0.1, 0.15) is 0 Å². The molecule has 2 aromatic rings. The molecule has 0 radical (unpaired) electrons. The largest absolute Gasteiger partial charge is 0.255 e. The smallest absolute Gasteiger partial charge is 0.0778 e. The van der Waals surface area contributed by atoms with Gasteiger partial charge in [0.2, 0.25) is 0 Å². The Balaban J connectivity index is 2.52. The van der Waals surface area contributed by atoms with Crippen LogP contribution >= 0.6 is 57.4 Å². The minimum Gasteiger partial charge on any atom is -0.255 e. The summed E-state index contributed by atoms with van der Waals surface area (Å²) in [4.78, 5) is 4.29. The summed E-state index contributed by atoms with van der Waals surface area (Å²) >= 11 is 20.0. The Kier molecular flexibility index (Phi) is 3.95.